The molecule has 49 heavy (non-hydrogen) atoms. The standard InChI is InChI=1S/C27H22BrF3N4O5S2.C2HF3O2/c28-21-11-16(9-10-20(21)24-14-25(36)35-42(24,39)40)12-22(26-32-15-23(33-26)17-5-2-1-3-6-17)34-41(37,38)19-8-4-7-18(13-19)27(29,30)31;3-2(4,5)1(6)7/h1-11,13,15,22,24,34H,12,14H2,(H,32,33)(H,35,36);(H,6,7)/t22-,24?;/m0./s1. The Balaban J connectivity index is 0.000000698. The molecule has 1 fully saturated rings. The molecular weight excluding hydrogens is 774 g/mol. The number of sulfonamides is 2. The molecule has 0 radical (unpaired) electrons. The highest BCUT2D eigenvalue weighted by atomic mass is 79.9. The molecule has 11 nitrogen and oxygen atoms in total. The van der Waals surface area contributed by atoms with Crippen molar-refractivity contribution >= 4 is 47.9 Å². The van der Waals surface area contributed by atoms with Crippen LogP contribution in [0.4, 0.5) is 26.3 Å². The van der Waals surface area contributed by atoms with Crippen molar-refractivity contribution in [2.24, 2.45) is 0 Å². The molecule has 4 aromatic rings. The van der Waals surface area contributed by atoms with Gasteiger partial charge in [0.15, 0.2) is 0 Å². The Bertz CT molecular complexity index is 2070. The van der Waals surface area contributed by atoms with Crippen molar-refractivity contribution in [2.45, 2.75) is 41.4 Å². The summed E-state index contributed by atoms with van der Waals surface area (Å²) in [7, 11) is -8.36. The number of rotatable bonds is 8. The molecule has 0 spiro atoms. The van der Waals surface area contributed by atoms with E-state index in [2.05, 4.69) is 30.6 Å². The van der Waals surface area contributed by atoms with Gasteiger partial charge in [-0.05, 0) is 47.4 Å². The van der Waals surface area contributed by atoms with Gasteiger partial charge in [0, 0.05) is 4.47 Å². The van der Waals surface area contributed by atoms with Gasteiger partial charge in [-0.2, -0.15) is 26.3 Å². The maximum Gasteiger partial charge on any atom is 0.490 e. The van der Waals surface area contributed by atoms with Gasteiger partial charge in [0.1, 0.15) is 11.1 Å². The summed E-state index contributed by atoms with van der Waals surface area (Å²) in [4.78, 5) is 27.5. The largest absolute Gasteiger partial charge is 0.490 e. The van der Waals surface area contributed by atoms with Crippen LogP contribution < -0.4 is 9.44 Å². The molecule has 1 aliphatic rings. The fourth-order valence-electron chi connectivity index (χ4n) is 4.59. The monoisotopic (exact) mass is 796 g/mol. The SMILES string of the molecule is O=C(O)C(F)(F)F.O=C1CC(c2ccc(C[C@H](NS(=O)(=O)c3cccc(C(F)(F)F)c3)c3ncc(-c4ccccc4)[nH]3)cc2Br)S(=O)(=O)N1. The van der Waals surface area contributed by atoms with Crippen LogP contribution in [0.5, 0.6) is 0 Å². The molecule has 1 aromatic heterocycles. The van der Waals surface area contributed by atoms with Gasteiger partial charge in [0.05, 0.1) is 34.8 Å². The van der Waals surface area contributed by atoms with E-state index in [9.17, 15) is 48.0 Å². The highest BCUT2D eigenvalue weighted by Gasteiger charge is 2.39. The van der Waals surface area contributed by atoms with E-state index in [0.29, 0.717) is 27.4 Å². The third kappa shape index (κ3) is 9.46. The number of carbonyl (C=O) groups excluding carboxylic acids is 1. The first-order chi connectivity index (χ1) is 22.7. The third-order valence-electron chi connectivity index (χ3n) is 6.87. The van der Waals surface area contributed by atoms with E-state index in [4.69, 9.17) is 9.90 Å². The lowest BCUT2D eigenvalue weighted by Gasteiger charge is -2.19. The van der Waals surface area contributed by atoms with Crippen LogP contribution >= 0.6 is 15.9 Å². The fourth-order valence-corrected chi connectivity index (χ4v) is 8.14. The number of carbonyl (C=O) groups is 2. The van der Waals surface area contributed by atoms with Crippen LogP contribution in [0, 0.1) is 0 Å². The number of nitrogens with zero attached hydrogens (tertiary/aromatic N) is 1. The molecule has 0 aliphatic carbocycles. The number of H-pyrrole nitrogens is 1. The summed E-state index contributed by atoms with van der Waals surface area (Å²) in [6.45, 7) is 0. The topological polar surface area (TPSA) is 175 Å². The number of aromatic amines is 1. The number of aromatic nitrogens is 2. The van der Waals surface area contributed by atoms with Crippen molar-refractivity contribution in [2.75, 3.05) is 0 Å². The van der Waals surface area contributed by atoms with Gasteiger partial charge >= 0.3 is 18.3 Å². The van der Waals surface area contributed by atoms with Crippen molar-refractivity contribution in [3.63, 3.8) is 0 Å². The minimum atomic E-state index is -5.08. The third-order valence-corrected chi connectivity index (χ3v) is 10.7. The quantitative estimate of drug-likeness (QED) is 0.166. The van der Waals surface area contributed by atoms with E-state index in [0.717, 1.165) is 23.8 Å². The zero-order chi connectivity index (χ0) is 36.4. The lowest BCUT2D eigenvalue weighted by molar-refractivity contribution is -0.192. The van der Waals surface area contributed by atoms with E-state index >= 15 is 0 Å². The number of benzene rings is 3. The maximum atomic E-state index is 13.3. The molecule has 0 bridgehead atoms. The van der Waals surface area contributed by atoms with Crippen LogP contribution in [0.3, 0.4) is 0 Å². The van der Waals surface area contributed by atoms with Gasteiger partial charge in [0.25, 0.3) is 0 Å². The minimum Gasteiger partial charge on any atom is -0.475 e. The first kappa shape index (κ1) is 37.5. The molecule has 0 saturated carbocycles. The zero-order valence-electron chi connectivity index (χ0n) is 24.4. The Kier molecular flexibility index (Phi) is 11.0. The summed E-state index contributed by atoms with van der Waals surface area (Å²) < 4.78 is 128. The summed E-state index contributed by atoms with van der Waals surface area (Å²) in [6, 6.07) is 16.2. The average molecular weight is 798 g/mol. The normalized spacial score (nSPS) is 16.7. The van der Waals surface area contributed by atoms with Gasteiger partial charge in [-0.15, -0.1) is 0 Å². The van der Waals surface area contributed by atoms with Crippen LogP contribution in [0.1, 0.15) is 40.2 Å². The number of alkyl halides is 6. The van der Waals surface area contributed by atoms with E-state index in [1.807, 2.05) is 35.1 Å². The summed E-state index contributed by atoms with van der Waals surface area (Å²) in [5.74, 6) is -3.17. The van der Waals surface area contributed by atoms with E-state index < -0.39 is 66.0 Å². The Morgan fingerprint density at radius 1 is 1.02 bits per heavy atom. The molecule has 1 saturated heterocycles. The molecule has 20 heteroatoms. The van der Waals surface area contributed by atoms with Crippen molar-refractivity contribution in [3.8, 4) is 11.3 Å². The lowest BCUT2D eigenvalue weighted by atomic mass is 10.0. The number of halogens is 7. The first-order valence-corrected chi connectivity index (χ1v) is 17.4. The minimum absolute atomic E-state index is 0.00654. The maximum absolute atomic E-state index is 13.3. The number of carboxylic acids is 1. The molecule has 2 heterocycles. The number of imidazole rings is 1. The summed E-state index contributed by atoms with van der Waals surface area (Å²) >= 11 is 3.36. The highest BCUT2D eigenvalue weighted by molar-refractivity contribution is 9.10. The van der Waals surface area contributed by atoms with Gasteiger partial charge in [-0.25, -0.2) is 31.3 Å². The Morgan fingerprint density at radius 3 is 2.22 bits per heavy atom. The number of hydrogen-bond donors (Lipinski definition) is 4. The predicted molar refractivity (Wildman–Crippen MR) is 164 cm³/mol. The van der Waals surface area contributed by atoms with E-state index in [1.165, 1.54) is 12.3 Å². The number of aliphatic carboxylic acids is 1. The average Bonchev–Trinajstić information content (AvgIpc) is 3.60. The van der Waals surface area contributed by atoms with Crippen LogP contribution in [-0.2, 0) is 42.2 Å². The second-order valence-corrected chi connectivity index (χ2v) is 14.8. The Morgan fingerprint density at radius 2 is 1.67 bits per heavy atom. The molecule has 5 rings (SSSR count). The molecule has 262 valence electrons. The second kappa shape index (κ2) is 14.3. The van der Waals surface area contributed by atoms with Crippen LogP contribution in [-0.4, -0.2) is 50.0 Å². The fraction of sp³-hybridized carbons (Fsp3) is 0.207. The number of carboxylic acid groups (broad SMARTS) is 1. The first-order valence-electron chi connectivity index (χ1n) is 13.6. The van der Waals surface area contributed by atoms with Crippen molar-refractivity contribution in [1.82, 2.24) is 19.4 Å². The molecule has 2 atom stereocenters. The number of nitrogens with one attached hydrogen (secondary N) is 3. The van der Waals surface area contributed by atoms with E-state index in [-0.39, 0.29) is 18.7 Å². The number of amides is 1. The molecule has 1 amide bonds. The highest BCUT2D eigenvalue weighted by Crippen LogP contribution is 2.36. The molecule has 3 aromatic carbocycles. The molecule has 1 unspecified atom stereocenters. The van der Waals surface area contributed by atoms with Gasteiger partial charge in [-0.3, -0.25) is 9.52 Å². The molecular formula is C29H23BrF6N4O7S2. The number of hydrogen-bond acceptors (Lipinski definition) is 7. The van der Waals surface area contributed by atoms with Gasteiger partial charge in [0.2, 0.25) is 26.0 Å². The summed E-state index contributed by atoms with van der Waals surface area (Å²) in [5, 5.41) is 6.03. The molecule has 4 N–H and O–H groups in total. The smallest absolute Gasteiger partial charge is 0.475 e. The van der Waals surface area contributed by atoms with Crippen molar-refractivity contribution in [3.05, 3.63) is 106 Å². The zero-order valence-corrected chi connectivity index (χ0v) is 27.6. The lowest BCUT2D eigenvalue weighted by Crippen LogP contribution is -2.31. The van der Waals surface area contributed by atoms with Crippen molar-refractivity contribution in [1.29, 1.82) is 0 Å². The summed E-state index contributed by atoms with van der Waals surface area (Å²) in [6.07, 6.45) is -8.55. The predicted octanol–water partition coefficient (Wildman–Crippen LogP) is 5.64. The Hall–Kier alpha value is -4.27. The molecule has 1 aliphatic heterocycles. The van der Waals surface area contributed by atoms with Gasteiger partial charge in [-0.1, -0.05) is 64.5 Å². The van der Waals surface area contributed by atoms with E-state index in [1.54, 1.807) is 12.1 Å². The van der Waals surface area contributed by atoms with Crippen LogP contribution in [0.15, 0.2) is 88.4 Å². The van der Waals surface area contributed by atoms with Gasteiger partial charge < -0.3 is 10.1 Å². The van der Waals surface area contributed by atoms with Crippen LogP contribution in [0.25, 0.3) is 11.3 Å². The second-order valence-electron chi connectivity index (χ2n) is 10.4. The summed E-state index contributed by atoms with van der Waals surface area (Å²) in [5.41, 5.74) is 1.16. The van der Waals surface area contributed by atoms with Crippen molar-refractivity contribution < 1.29 is 57.9 Å². The Labute approximate surface area is 283 Å². The van der Waals surface area contributed by atoms with Crippen LogP contribution in [0.2, 0.25) is 0 Å².